The molecule has 1 atom stereocenters. The molecule has 0 aliphatic rings. The van der Waals surface area contributed by atoms with Gasteiger partial charge in [0.05, 0.1) is 5.54 Å². The van der Waals surface area contributed by atoms with Crippen LogP contribution in [-0.4, -0.2) is 10.1 Å². The minimum Gasteiger partial charge on any atom is -0.337 e. The van der Waals surface area contributed by atoms with Crippen molar-refractivity contribution in [2.75, 3.05) is 0 Å². The monoisotopic (exact) mass is 295 g/mol. The van der Waals surface area contributed by atoms with Crippen molar-refractivity contribution in [3.8, 4) is 11.4 Å². The van der Waals surface area contributed by atoms with Gasteiger partial charge in [-0.2, -0.15) is 4.98 Å². The average Bonchev–Trinajstić information content (AvgIpc) is 2.89. The van der Waals surface area contributed by atoms with Crippen LogP contribution in [0.1, 0.15) is 45.1 Å². The molecular weight excluding hydrogens is 274 g/mol. The Morgan fingerprint density at radius 1 is 1.20 bits per heavy atom. The lowest BCUT2D eigenvalue weighted by Gasteiger charge is -2.18. The van der Waals surface area contributed by atoms with Crippen LogP contribution in [0.15, 0.2) is 28.8 Å². The Bertz CT molecular complexity index is 534. The first-order valence-corrected chi connectivity index (χ1v) is 6.79. The van der Waals surface area contributed by atoms with Crippen LogP contribution in [0.25, 0.3) is 11.4 Å². The van der Waals surface area contributed by atoms with Gasteiger partial charge >= 0.3 is 0 Å². The number of nitrogens with zero attached hydrogens (tertiary/aromatic N) is 2. The quantitative estimate of drug-likeness (QED) is 0.913. The SMILES string of the molecule is CCCC(C)(N)c1nc(-c2ccc(CC)cc2)no1.Cl. The second kappa shape index (κ2) is 6.86. The molecule has 4 nitrogen and oxygen atoms in total. The second-order valence-electron chi connectivity index (χ2n) is 5.14. The maximum absolute atomic E-state index is 6.19. The Morgan fingerprint density at radius 2 is 1.85 bits per heavy atom. The molecule has 2 N–H and O–H groups in total. The highest BCUT2D eigenvalue weighted by Gasteiger charge is 2.27. The predicted molar refractivity (Wildman–Crippen MR) is 82.8 cm³/mol. The van der Waals surface area contributed by atoms with Crippen molar-refractivity contribution in [2.45, 2.75) is 45.6 Å². The van der Waals surface area contributed by atoms with Crippen LogP contribution >= 0.6 is 12.4 Å². The summed E-state index contributed by atoms with van der Waals surface area (Å²) < 4.78 is 5.31. The van der Waals surface area contributed by atoms with Crippen molar-refractivity contribution >= 4 is 12.4 Å². The summed E-state index contributed by atoms with van der Waals surface area (Å²) in [5.74, 6) is 1.11. The first-order valence-electron chi connectivity index (χ1n) is 6.79. The van der Waals surface area contributed by atoms with Crippen molar-refractivity contribution in [1.82, 2.24) is 10.1 Å². The Hall–Kier alpha value is -1.39. The highest BCUT2D eigenvalue weighted by Crippen LogP contribution is 2.24. The zero-order chi connectivity index (χ0) is 13.9. The van der Waals surface area contributed by atoms with E-state index in [9.17, 15) is 0 Å². The van der Waals surface area contributed by atoms with Crippen molar-refractivity contribution in [1.29, 1.82) is 0 Å². The third-order valence-electron chi connectivity index (χ3n) is 3.30. The van der Waals surface area contributed by atoms with Gasteiger partial charge in [-0.05, 0) is 25.3 Å². The summed E-state index contributed by atoms with van der Waals surface area (Å²) in [7, 11) is 0. The van der Waals surface area contributed by atoms with Crippen molar-refractivity contribution in [3.05, 3.63) is 35.7 Å². The number of rotatable bonds is 5. The van der Waals surface area contributed by atoms with E-state index < -0.39 is 5.54 Å². The van der Waals surface area contributed by atoms with Crippen LogP contribution < -0.4 is 5.73 Å². The van der Waals surface area contributed by atoms with Crippen molar-refractivity contribution in [3.63, 3.8) is 0 Å². The number of benzene rings is 1. The molecule has 20 heavy (non-hydrogen) atoms. The second-order valence-corrected chi connectivity index (χ2v) is 5.14. The van der Waals surface area contributed by atoms with Gasteiger partial charge in [-0.3, -0.25) is 0 Å². The van der Waals surface area contributed by atoms with Gasteiger partial charge in [-0.25, -0.2) is 0 Å². The highest BCUT2D eigenvalue weighted by molar-refractivity contribution is 5.85. The maximum atomic E-state index is 6.19. The Morgan fingerprint density at radius 3 is 2.40 bits per heavy atom. The summed E-state index contributed by atoms with van der Waals surface area (Å²) >= 11 is 0. The molecule has 0 fully saturated rings. The standard InChI is InChI=1S/C15H21N3O.ClH/c1-4-10-15(3,16)14-17-13(18-19-14)12-8-6-11(5-2)7-9-12;/h6-9H,4-5,10,16H2,1-3H3;1H. The van der Waals surface area contributed by atoms with Crippen LogP contribution in [-0.2, 0) is 12.0 Å². The van der Waals surface area contributed by atoms with Crippen LogP contribution in [0.5, 0.6) is 0 Å². The van der Waals surface area contributed by atoms with E-state index in [-0.39, 0.29) is 12.4 Å². The Labute approximate surface area is 126 Å². The third kappa shape index (κ3) is 3.58. The molecule has 0 aliphatic carbocycles. The normalized spacial score (nSPS) is 13.6. The molecule has 2 rings (SSSR count). The summed E-state index contributed by atoms with van der Waals surface area (Å²) in [5, 5.41) is 4.02. The molecule has 1 heterocycles. The van der Waals surface area contributed by atoms with Crippen LogP contribution in [0, 0.1) is 0 Å². The lowest BCUT2D eigenvalue weighted by atomic mass is 9.98. The minimum atomic E-state index is -0.552. The van der Waals surface area contributed by atoms with Crippen molar-refractivity contribution < 1.29 is 4.52 Å². The Kier molecular flexibility index (Phi) is 5.72. The van der Waals surface area contributed by atoms with Crippen LogP contribution in [0.4, 0.5) is 0 Å². The lowest BCUT2D eigenvalue weighted by Crippen LogP contribution is -2.33. The number of aryl methyl sites for hydroxylation is 1. The number of nitrogens with two attached hydrogens (primary N) is 1. The smallest absolute Gasteiger partial charge is 0.246 e. The van der Waals surface area contributed by atoms with E-state index in [2.05, 4.69) is 36.1 Å². The zero-order valence-electron chi connectivity index (χ0n) is 12.2. The summed E-state index contributed by atoms with van der Waals surface area (Å²) in [4.78, 5) is 4.42. The lowest BCUT2D eigenvalue weighted by molar-refractivity contribution is 0.284. The van der Waals surface area contributed by atoms with E-state index >= 15 is 0 Å². The molecule has 0 saturated carbocycles. The highest BCUT2D eigenvalue weighted by atomic mass is 35.5. The van der Waals surface area contributed by atoms with E-state index in [0.717, 1.165) is 24.8 Å². The molecule has 0 amide bonds. The number of halogens is 1. The molecule has 5 heteroatoms. The van der Waals surface area contributed by atoms with E-state index in [4.69, 9.17) is 10.3 Å². The molecule has 0 spiro atoms. The molecule has 1 aromatic carbocycles. The van der Waals surface area contributed by atoms with Crippen molar-refractivity contribution in [2.24, 2.45) is 5.73 Å². The fourth-order valence-electron chi connectivity index (χ4n) is 2.09. The first-order chi connectivity index (χ1) is 9.06. The average molecular weight is 296 g/mol. The van der Waals surface area contributed by atoms with E-state index in [1.54, 1.807) is 0 Å². The molecule has 0 bridgehead atoms. The predicted octanol–water partition coefficient (Wildman–Crippen LogP) is 3.69. The zero-order valence-corrected chi connectivity index (χ0v) is 13.0. The van der Waals surface area contributed by atoms with E-state index in [1.807, 2.05) is 19.1 Å². The largest absolute Gasteiger partial charge is 0.337 e. The first kappa shape index (κ1) is 16.7. The number of hydrogen-bond acceptors (Lipinski definition) is 4. The molecule has 2 aromatic rings. The van der Waals surface area contributed by atoms with Crippen LogP contribution in [0.2, 0.25) is 0 Å². The van der Waals surface area contributed by atoms with E-state index in [0.29, 0.717) is 11.7 Å². The minimum absolute atomic E-state index is 0. The van der Waals surface area contributed by atoms with Gasteiger partial charge in [0.25, 0.3) is 0 Å². The molecule has 0 aliphatic heterocycles. The topological polar surface area (TPSA) is 64.9 Å². The summed E-state index contributed by atoms with van der Waals surface area (Å²) in [6, 6.07) is 8.19. The summed E-state index contributed by atoms with van der Waals surface area (Å²) in [5.41, 5.74) is 7.89. The molecular formula is C15H22ClN3O. The maximum Gasteiger partial charge on any atom is 0.246 e. The Balaban J connectivity index is 0.00000200. The van der Waals surface area contributed by atoms with Gasteiger partial charge in [0.1, 0.15) is 0 Å². The van der Waals surface area contributed by atoms with Gasteiger partial charge in [-0.15, -0.1) is 12.4 Å². The fourth-order valence-corrected chi connectivity index (χ4v) is 2.09. The van der Waals surface area contributed by atoms with Gasteiger partial charge in [-0.1, -0.05) is 49.7 Å². The number of hydrogen-bond donors (Lipinski definition) is 1. The molecule has 1 aromatic heterocycles. The summed E-state index contributed by atoms with van der Waals surface area (Å²) in [6.45, 7) is 6.14. The van der Waals surface area contributed by atoms with E-state index in [1.165, 1.54) is 5.56 Å². The molecule has 1 unspecified atom stereocenters. The third-order valence-corrected chi connectivity index (χ3v) is 3.30. The number of aromatic nitrogens is 2. The van der Waals surface area contributed by atoms with Crippen LogP contribution in [0.3, 0.4) is 0 Å². The molecule has 0 saturated heterocycles. The molecule has 0 radical (unpaired) electrons. The van der Waals surface area contributed by atoms with Gasteiger partial charge < -0.3 is 10.3 Å². The molecule has 110 valence electrons. The summed E-state index contributed by atoms with van der Waals surface area (Å²) in [6.07, 6.45) is 2.83. The van der Waals surface area contributed by atoms with Gasteiger partial charge in [0, 0.05) is 5.56 Å². The van der Waals surface area contributed by atoms with Gasteiger partial charge in [0.2, 0.25) is 11.7 Å². The fraction of sp³-hybridized carbons (Fsp3) is 0.467. The van der Waals surface area contributed by atoms with Gasteiger partial charge in [0.15, 0.2) is 0 Å².